The second-order valence-electron chi connectivity index (χ2n) is 8.06. The lowest BCUT2D eigenvalue weighted by molar-refractivity contribution is 0.250. The van der Waals surface area contributed by atoms with E-state index in [4.69, 9.17) is 0 Å². The number of nitrogens with zero attached hydrogens (tertiary/aromatic N) is 5. The molecule has 1 aliphatic rings. The van der Waals surface area contributed by atoms with Crippen LogP contribution in [0.3, 0.4) is 0 Å². The molecule has 0 saturated carbocycles. The molecule has 4 heterocycles. The molecule has 0 amide bonds. The van der Waals surface area contributed by atoms with Gasteiger partial charge in [-0.15, -0.1) is 0 Å². The molecule has 0 spiro atoms. The average Bonchev–Trinajstić information content (AvgIpc) is 3.13. The van der Waals surface area contributed by atoms with E-state index in [1.807, 2.05) is 37.1 Å². The topological polar surface area (TPSA) is 70.1 Å². The molecular weight excluding hydrogens is 376 g/mol. The summed E-state index contributed by atoms with van der Waals surface area (Å²) in [7, 11) is 1.96. The van der Waals surface area contributed by atoms with Crippen LogP contribution in [0.15, 0.2) is 47.5 Å². The Morgan fingerprint density at radius 1 is 1.07 bits per heavy atom. The van der Waals surface area contributed by atoms with Crippen LogP contribution in [-0.4, -0.2) is 50.8 Å². The Balaban J connectivity index is 1.26. The van der Waals surface area contributed by atoms with Gasteiger partial charge in [0.25, 0.3) is 5.56 Å². The molecule has 1 saturated heterocycles. The lowest BCUT2D eigenvalue weighted by atomic mass is 10.1. The van der Waals surface area contributed by atoms with E-state index in [1.54, 1.807) is 0 Å². The molecule has 0 radical (unpaired) electrons. The van der Waals surface area contributed by atoms with Gasteiger partial charge >= 0.3 is 0 Å². The monoisotopic (exact) mass is 402 g/mol. The number of pyridine rings is 2. The summed E-state index contributed by atoms with van der Waals surface area (Å²) >= 11 is 0. The van der Waals surface area contributed by atoms with Crippen LogP contribution in [0.4, 0.5) is 5.69 Å². The zero-order chi connectivity index (χ0) is 20.7. The highest BCUT2D eigenvalue weighted by Crippen LogP contribution is 2.23. The van der Waals surface area contributed by atoms with Crippen LogP contribution >= 0.6 is 0 Å². The molecule has 1 N–H and O–H groups in total. The highest BCUT2D eigenvalue weighted by Gasteiger charge is 2.18. The van der Waals surface area contributed by atoms with Gasteiger partial charge in [0.2, 0.25) is 0 Å². The molecule has 0 unspecified atom stereocenters. The first-order chi connectivity index (χ1) is 14.6. The SMILES string of the molecule is CCc1cc2ncc(CN3CCN(c4ccc5cn(C)nc5c4)CC3)cc2[nH]c1=O. The highest BCUT2D eigenvalue weighted by atomic mass is 16.1. The van der Waals surface area contributed by atoms with Crippen molar-refractivity contribution in [1.29, 1.82) is 0 Å². The van der Waals surface area contributed by atoms with Gasteiger partial charge in [0.15, 0.2) is 0 Å². The summed E-state index contributed by atoms with van der Waals surface area (Å²) in [5.74, 6) is 0. The van der Waals surface area contributed by atoms with Crippen LogP contribution in [0.5, 0.6) is 0 Å². The number of piperazine rings is 1. The fourth-order valence-electron chi connectivity index (χ4n) is 4.26. The quantitative estimate of drug-likeness (QED) is 0.568. The zero-order valence-electron chi connectivity index (χ0n) is 17.4. The second kappa shape index (κ2) is 7.57. The van der Waals surface area contributed by atoms with Crippen LogP contribution in [0.25, 0.3) is 21.9 Å². The van der Waals surface area contributed by atoms with Crippen LogP contribution in [0, 0.1) is 0 Å². The van der Waals surface area contributed by atoms with Crippen LogP contribution in [0.2, 0.25) is 0 Å². The minimum atomic E-state index is -0.0116. The third kappa shape index (κ3) is 3.57. The predicted octanol–water partition coefficient (Wildman–Crippen LogP) is 2.69. The number of aromatic nitrogens is 4. The predicted molar refractivity (Wildman–Crippen MR) is 120 cm³/mol. The molecule has 0 aliphatic carbocycles. The number of rotatable bonds is 4. The average molecular weight is 403 g/mol. The number of benzene rings is 1. The molecule has 1 aliphatic heterocycles. The van der Waals surface area contributed by atoms with Gasteiger partial charge in [-0.3, -0.25) is 19.4 Å². The van der Waals surface area contributed by atoms with E-state index in [2.05, 4.69) is 49.1 Å². The van der Waals surface area contributed by atoms with Gasteiger partial charge in [0, 0.05) is 68.8 Å². The maximum absolute atomic E-state index is 12.1. The van der Waals surface area contributed by atoms with E-state index in [1.165, 1.54) is 11.1 Å². The Kier molecular flexibility index (Phi) is 4.75. The van der Waals surface area contributed by atoms with E-state index >= 15 is 0 Å². The summed E-state index contributed by atoms with van der Waals surface area (Å²) in [6, 6.07) is 10.5. The standard InChI is InChI=1S/C23H26N6O/c1-3-17-11-21-22(25-23(17)30)10-16(13-24-21)14-28-6-8-29(9-7-28)19-5-4-18-15-27(2)26-20(18)12-19/h4-5,10-13,15H,3,6-9,14H2,1-2H3,(H,25,30). The molecule has 1 aromatic carbocycles. The van der Waals surface area contributed by atoms with E-state index in [9.17, 15) is 4.79 Å². The molecule has 0 bridgehead atoms. The van der Waals surface area contributed by atoms with Crippen molar-refractivity contribution in [3.63, 3.8) is 0 Å². The molecule has 7 heteroatoms. The minimum Gasteiger partial charge on any atom is -0.369 e. The van der Waals surface area contributed by atoms with E-state index < -0.39 is 0 Å². The smallest absolute Gasteiger partial charge is 0.251 e. The van der Waals surface area contributed by atoms with Crippen molar-refractivity contribution in [2.45, 2.75) is 19.9 Å². The van der Waals surface area contributed by atoms with E-state index in [0.717, 1.165) is 60.4 Å². The molecular formula is C23H26N6O. The third-order valence-corrected chi connectivity index (χ3v) is 5.96. The number of aryl methyl sites for hydroxylation is 2. The maximum Gasteiger partial charge on any atom is 0.251 e. The van der Waals surface area contributed by atoms with Crippen LogP contribution in [0.1, 0.15) is 18.1 Å². The highest BCUT2D eigenvalue weighted by molar-refractivity contribution is 5.82. The fraction of sp³-hybridized carbons (Fsp3) is 0.348. The summed E-state index contributed by atoms with van der Waals surface area (Å²) in [6.07, 6.45) is 4.69. The van der Waals surface area contributed by atoms with Crippen molar-refractivity contribution >= 4 is 27.6 Å². The zero-order valence-corrected chi connectivity index (χ0v) is 17.4. The Labute approximate surface area is 174 Å². The first kappa shape index (κ1) is 18.8. The number of hydrogen-bond donors (Lipinski definition) is 1. The lowest BCUT2D eigenvalue weighted by Crippen LogP contribution is -2.45. The molecule has 5 rings (SSSR count). The van der Waals surface area contributed by atoms with E-state index in [-0.39, 0.29) is 5.56 Å². The summed E-state index contributed by atoms with van der Waals surface area (Å²) in [5, 5.41) is 5.70. The Morgan fingerprint density at radius 3 is 2.70 bits per heavy atom. The van der Waals surface area contributed by atoms with Gasteiger partial charge in [0.1, 0.15) is 0 Å². The van der Waals surface area contributed by atoms with E-state index in [0.29, 0.717) is 6.42 Å². The van der Waals surface area contributed by atoms with Gasteiger partial charge in [-0.1, -0.05) is 6.92 Å². The van der Waals surface area contributed by atoms with Crippen LogP contribution in [-0.2, 0) is 20.0 Å². The summed E-state index contributed by atoms with van der Waals surface area (Å²) in [5.41, 5.74) is 5.84. The van der Waals surface area contributed by atoms with Crippen molar-refractivity contribution in [3.05, 3.63) is 64.2 Å². The summed E-state index contributed by atoms with van der Waals surface area (Å²) < 4.78 is 1.86. The molecule has 3 aromatic heterocycles. The number of fused-ring (bicyclic) bond motifs is 2. The van der Waals surface area contributed by atoms with Gasteiger partial charge in [-0.05, 0) is 42.3 Å². The molecule has 1 fully saturated rings. The molecule has 0 atom stereocenters. The molecule has 7 nitrogen and oxygen atoms in total. The first-order valence-corrected chi connectivity index (χ1v) is 10.5. The third-order valence-electron chi connectivity index (χ3n) is 5.96. The van der Waals surface area contributed by atoms with Crippen molar-refractivity contribution in [2.24, 2.45) is 7.05 Å². The first-order valence-electron chi connectivity index (χ1n) is 10.5. The Hall–Kier alpha value is -3.19. The largest absolute Gasteiger partial charge is 0.369 e. The minimum absolute atomic E-state index is 0.0116. The van der Waals surface area contributed by atoms with Crippen molar-refractivity contribution in [3.8, 4) is 0 Å². The Bertz CT molecular complexity index is 1270. The number of anilines is 1. The van der Waals surface area contributed by atoms with Gasteiger partial charge in [-0.25, -0.2) is 0 Å². The maximum atomic E-state index is 12.1. The second-order valence-corrected chi connectivity index (χ2v) is 8.06. The summed E-state index contributed by atoms with van der Waals surface area (Å²) in [6.45, 7) is 6.77. The Morgan fingerprint density at radius 2 is 1.90 bits per heavy atom. The van der Waals surface area contributed by atoms with Crippen LogP contribution < -0.4 is 10.5 Å². The van der Waals surface area contributed by atoms with Crippen molar-refractivity contribution < 1.29 is 0 Å². The van der Waals surface area contributed by atoms with Crippen molar-refractivity contribution in [2.75, 3.05) is 31.1 Å². The normalized spacial score (nSPS) is 15.3. The fourth-order valence-corrected chi connectivity index (χ4v) is 4.26. The number of H-pyrrole nitrogens is 1. The summed E-state index contributed by atoms with van der Waals surface area (Å²) in [4.78, 5) is 24.5. The molecule has 30 heavy (non-hydrogen) atoms. The lowest BCUT2D eigenvalue weighted by Gasteiger charge is -2.36. The molecule has 4 aromatic rings. The number of hydrogen-bond acceptors (Lipinski definition) is 5. The van der Waals surface area contributed by atoms with Crippen molar-refractivity contribution in [1.82, 2.24) is 24.6 Å². The molecule has 154 valence electrons. The number of nitrogens with one attached hydrogen (secondary N) is 1. The van der Waals surface area contributed by atoms with Gasteiger partial charge in [-0.2, -0.15) is 5.10 Å². The number of aromatic amines is 1. The van der Waals surface area contributed by atoms with Gasteiger partial charge in [0.05, 0.1) is 16.6 Å². The van der Waals surface area contributed by atoms with Gasteiger partial charge < -0.3 is 9.88 Å².